The number of carbonyl (C=O) groups is 1. The maximum absolute atomic E-state index is 12.7. The zero-order chi connectivity index (χ0) is 21.7. The molecule has 1 N–H and O–H groups in total. The van der Waals surface area contributed by atoms with E-state index >= 15 is 0 Å². The number of sulfonamides is 1. The monoisotopic (exact) mass is 431 g/mol. The van der Waals surface area contributed by atoms with Crippen LogP contribution in [0.25, 0.3) is 0 Å². The molecular weight excluding hydrogens is 402 g/mol. The molecule has 3 rings (SSSR count). The lowest BCUT2D eigenvalue weighted by Crippen LogP contribution is -2.33. The van der Waals surface area contributed by atoms with E-state index in [9.17, 15) is 13.2 Å². The molecule has 1 fully saturated rings. The second kappa shape index (κ2) is 9.57. The minimum atomic E-state index is -3.66. The third kappa shape index (κ3) is 5.17. The first-order valence-electron chi connectivity index (χ1n) is 10.3. The van der Waals surface area contributed by atoms with E-state index in [2.05, 4.69) is 10.3 Å². The van der Waals surface area contributed by atoms with Gasteiger partial charge in [0.05, 0.1) is 4.90 Å². The highest BCUT2D eigenvalue weighted by molar-refractivity contribution is 7.89. The molecule has 8 heteroatoms. The van der Waals surface area contributed by atoms with Crippen molar-refractivity contribution >= 4 is 15.9 Å². The number of hydrogen-bond acceptors (Lipinski definition) is 5. The van der Waals surface area contributed by atoms with E-state index in [0.717, 1.165) is 31.2 Å². The van der Waals surface area contributed by atoms with Crippen LogP contribution in [0, 0.1) is 0 Å². The van der Waals surface area contributed by atoms with Gasteiger partial charge in [-0.2, -0.15) is 4.31 Å². The van der Waals surface area contributed by atoms with E-state index in [1.54, 1.807) is 38.2 Å². The zero-order valence-electron chi connectivity index (χ0n) is 17.7. The van der Waals surface area contributed by atoms with Crippen molar-refractivity contribution in [2.45, 2.75) is 63.1 Å². The van der Waals surface area contributed by atoms with Crippen molar-refractivity contribution in [2.75, 3.05) is 7.05 Å². The van der Waals surface area contributed by atoms with Gasteiger partial charge in [-0.3, -0.25) is 4.79 Å². The standard InChI is InChI=1S/C22H29N3O4S/c1-16(2)25(3)30(27,28)20-12-6-8-17(14-20)21(26)24-15-18-9-7-13-23-22(18)29-19-10-4-5-11-19/h6-9,12-14,16,19H,4-5,10-11,15H2,1-3H3,(H,24,26). The number of amides is 1. The van der Waals surface area contributed by atoms with Gasteiger partial charge in [0.15, 0.2) is 0 Å². The topological polar surface area (TPSA) is 88.6 Å². The third-order valence-corrected chi connectivity index (χ3v) is 7.40. The smallest absolute Gasteiger partial charge is 0.251 e. The molecule has 1 aromatic carbocycles. The van der Waals surface area contributed by atoms with Gasteiger partial charge in [0, 0.05) is 37.0 Å². The number of aromatic nitrogens is 1. The summed E-state index contributed by atoms with van der Waals surface area (Å²) in [6, 6.07) is 9.57. The Labute approximate surface area is 178 Å². The molecule has 1 aliphatic rings. The molecule has 0 saturated heterocycles. The quantitative estimate of drug-likeness (QED) is 0.692. The number of hydrogen-bond donors (Lipinski definition) is 1. The van der Waals surface area contributed by atoms with Crippen LogP contribution in [0.5, 0.6) is 5.88 Å². The molecule has 162 valence electrons. The fourth-order valence-corrected chi connectivity index (χ4v) is 4.76. The average Bonchev–Trinajstić information content (AvgIpc) is 3.25. The van der Waals surface area contributed by atoms with E-state index in [1.807, 2.05) is 6.07 Å². The van der Waals surface area contributed by atoms with Gasteiger partial charge < -0.3 is 10.1 Å². The first kappa shape index (κ1) is 22.2. The van der Waals surface area contributed by atoms with E-state index in [0.29, 0.717) is 5.88 Å². The minimum Gasteiger partial charge on any atom is -0.474 e. The van der Waals surface area contributed by atoms with Crippen molar-refractivity contribution in [1.82, 2.24) is 14.6 Å². The number of carbonyl (C=O) groups excluding carboxylic acids is 1. The second-order valence-corrected chi connectivity index (χ2v) is 9.82. The van der Waals surface area contributed by atoms with Crippen molar-refractivity contribution < 1.29 is 17.9 Å². The van der Waals surface area contributed by atoms with Crippen LogP contribution in [0.4, 0.5) is 0 Å². The predicted octanol–water partition coefficient (Wildman–Crippen LogP) is 3.36. The van der Waals surface area contributed by atoms with Crippen LogP contribution >= 0.6 is 0 Å². The predicted molar refractivity (Wildman–Crippen MR) is 115 cm³/mol. The van der Waals surface area contributed by atoms with E-state index < -0.39 is 10.0 Å². The van der Waals surface area contributed by atoms with Crippen LogP contribution < -0.4 is 10.1 Å². The van der Waals surface area contributed by atoms with Gasteiger partial charge in [-0.1, -0.05) is 12.1 Å². The van der Waals surface area contributed by atoms with Crippen molar-refractivity contribution in [3.8, 4) is 5.88 Å². The lowest BCUT2D eigenvalue weighted by Gasteiger charge is -2.21. The number of benzene rings is 1. The van der Waals surface area contributed by atoms with Gasteiger partial charge in [0.25, 0.3) is 5.91 Å². The highest BCUT2D eigenvalue weighted by Crippen LogP contribution is 2.25. The summed E-state index contributed by atoms with van der Waals surface area (Å²) >= 11 is 0. The summed E-state index contributed by atoms with van der Waals surface area (Å²) in [7, 11) is -2.13. The summed E-state index contributed by atoms with van der Waals surface area (Å²) in [5.41, 5.74) is 1.08. The Kier molecular flexibility index (Phi) is 7.10. The normalized spacial score (nSPS) is 15.0. The SMILES string of the molecule is CC(C)N(C)S(=O)(=O)c1cccc(C(=O)NCc2cccnc2OC2CCCC2)c1. The Morgan fingerprint density at radius 3 is 2.67 bits per heavy atom. The number of nitrogens with zero attached hydrogens (tertiary/aromatic N) is 2. The zero-order valence-corrected chi connectivity index (χ0v) is 18.5. The molecule has 1 aromatic heterocycles. The number of nitrogens with one attached hydrogen (secondary N) is 1. The van der Waals surface area contributed by atoms with E-state index in [4.69, 9.17) is 4.74 Å². The molecule has 0 atom stereocenters. The molecule has 2 aromatic rings. The van der Waals surface area contributed by atoms with Gasteiger partial charge in [0.1, 0.15) is 6.10 Å². The van der Waals surface area contributed by atoms with Crippen LogP contribution in [0.15, 0.2) is 47.5 Å². The van der Waals surface area contributed by atoms with Gasteiger partial charge in [-0.25, -0.2) is 13.4 Å². The Hall–Kier alpha value is -2.45. The molecule has 0 spiro atoms. The molecule has 1 heterocycles. The van der Waals surface area contributed by atoms with Gasteiger partial charge in [-0.15, -0.1) is 0 Å². The van der Waals surface area contributed by atoms with E-state index in [1.165, 1.54) is 23.5 Å². The minimum absolute atomic E-state index is 0.0954. The van der Waals surface area contributed by atoms with Crippen molar-refractivity contribution in [1.29, 1.82) is 0 Å². The molecule has 7 nitrogen and oxygen atoms in total. The molecule has 1 aliphatic carbocycles. The highest BCUT2D eigenvalue weighted by atomic mass is 32.2. The fraction of sp³-hybridized carbons (Fsp3) is 0.455. The van der Waals surface area contributed by atoms with Crippen molar-refractivity contribution in [3.63, 3.8) is 0 Å². The van der Waals surface area contributed by atoms with Gasteiger partial charge in [-0.05, 0) is 63.8 Å². The van der Waals surface area contributed by atoms with Crippen LogP contribution in [0.3, 0.4) is 0 Å². The van der Waals surface area contributed by atoms with Crippen LogP contribution in [-0.4, -0.2) is 42.8 Å². The van der Waals surface area contributed by atoms with Crippen LogP contribution in [0.1, 0.15) is 55.5 Å². The maximum atomic E-state index is 12.7. The molecule has 1 saturated carbocycles. The summed E-state index contributed by atoms with van der Waals surface area (Å²) in [6.07, 6.45) is 6.22. The first-order valence-corrected chi connectivity index (χ1v) is 11.7. The first-order chi connectivity index (χ1) is 14.3. The highest BCUT2D eigenvalue weighted by Gasteiger charge is 2.24. The summed E-state index contributed by atoms with van der Waals surface area (Å²) < 4.78 is 32.7. The van der Waals surface area contributed by atoms with Crippen molar-refractivity contribution in [2.24, 2.45) is 0 Å². The molecule has 0 radical (unpaired) electrons. The average molecular weight is 432 g/mol. The summed E-state index contributed by atoms with van der Waals surface area (Å²) in [6.45, 7) is 3.85. The lowest BCUT2D eigenvalue weighted by molar-refractivity contribution is 0.0950. The number of rotatable bonds is 8. The molecule has 0 unspecified atom stereocenters. The lowest BCUT2D eigenvalue weighted by atomic mass is 10.2. The number of pyridine rings is 1. The van der Waals surface area contributed by atoms with E-state index in [-0.39, 0.29) is 35.1 Å². The molecule has 0 bridgehead atoms. The summed E-state index contributed by atoms with van der Waals surface area (Å²) in [5.74, 6) is 0.189. The largest absolute Gasteiger partial charge is 0.474 e. The maximum Gasteiger partial charge on any atom is 0.251 e. The van der Waals surface area contributed by atoms with Crippen molar-refractivity contribution in [3.05, 3.63) is 53.7 Å². The molecular formula is C22H29N3O4S. The van der Waals surface area contributed by atoms with Crippen LogP contribution in [0.2, 0.25) is 0 Å². The van der Waals surface area contributed by atoms with Crippen LogP contribution in [-0.2, 0) is 16.6 Å². The van der Waals surface area contributed by atoms with Gasteiger partial charge >= 0.3 is 0 Å². The summed E-state index contributed by atoms with van der Waals surface area (Å²) in [4.78, 5) is 17.1. The Balaban J connectivity index is 1.70. The summed E-state index contributed by atoms with van der Waals surface area (Å²) in [5, 5.41) is 2.84. The second-order valence-electron chi connectivity index (χ2n) is 7.82. The Morgan fingerprint density at radius 1 is 1.23 bits per heavy atom. The molecule has 1 amide bonds. The fourth-order valence-electron chi connectivity index (χ4n) is 3.35. The third-order valence-electron chi connectivity index (χ3n) is 5.37. The van der Waals surface area contributed by atoms with Gasteiger partial charge in [0.2, 0.25) is 15.9 Å². The molecule has 30 heavy (non-hydrogen) atoms. The Bertz CT molecular complexity index is 985. The number of ether oxygens (including phenoxy) is 1. The molecule has 0 aliphatic heterocycles. The Morgan fingerprint density at radius 2 is 1.97 bits per heavy atom.